The van der Waals surface area contributed by atoms with Crippen LogP contribution in [0.3, 0.4) is 0 Å². The maximum atomic E-state index is 13.7. The summed E-state index contributed by atoms with van der Waals surface area (Å²) in [4.78, 5) is 12.5. The summed E-state index contributed by atoms with van der Waals surface area (Å²) in [6.07, 6.45) is 0. The molecule has 0 saturated carbocycles. The van der Waals surface area contributed by atoms with Crippen LogP contribution in [-0.2, 0) is 6.61 Å². The van der Waals surface area contributed by atoms with Crippen LogP contribution in [0.4, 0.5) is 4.39 Å². The maximum absolute atomic E-state index is 13.7. The first-order chi connectivity index (χ1) is 13.1. The molecule has 0 N–H and O–H groups in total. The number of rotatable bonds is 4. The molecule has 3 aromatic carbocycles. The van der Waals surface area contributed by atoms with Gasteiger partial charge in [0, 0.05) is 22.2 Å². The van der Waals surface area contributed by atoms with E-state index in [0.717, 1.165) is 5.56 Å². The third-order valence-electron chi connectivity index (χ3n) is 4.18. The lowest BCUT2D eigenvalue weighted by atomic mass is 10.1. The average molecular weight is 381 g/mol. The molecule has 134 valence electrons. The molecule has 4 rings (SSSR count). The molecule has 0 aliphatic heterocycles. The van der Waals surface area contributed by atoms with E-state index in [-0.39, 0.29) is 17.9 Å². The first kappa shape index (κ1) is 17.3. The maximum Gasteiger partial charge on any atom is 0.193 e. The molecule has 0 fully saturated rings. The van der Waals surface area contributed by atoms with Gasteiger partial charge in [0.25, 0.3) is 0 Å². The third kappa shape index (κ3) is 3.71. The minimum absolute atomic E-state index is 0.0758. The zero-order valence-corrected chi connectivity index (χ0v) is 14.9. The number of halogens is 2. The number of ether oxygens (including phenoxy) is 1. The predicted molar refractivity (Wildman–Crippen MR) is 104 cm³/mol. The Hall–Kier alpha value is -3.11. The Morgan fingerprint density at radius 1 is 0.963 bits per heavy atom. The number of hydrogen-bond donors (Lipinski definition) is 0. The molecule has 27 heavy (non-hydrogen) atoms. The lowest BCUT2D eigenvalue weighted by molar-refractivity contribution is 0.300. The Morgan fingerprint density at radius 3 is 2.52 bits per heavy atom. The van der Waals surface area contributed by atoms with Crippen molar-refractivity contribution in [1.29, 1.82) is 0 Å². The molecule has 0 bridgehead atoms. The molecule has 0 radical (unpaired) electrons. The average Bonchev–Trinajstić information content (AvgIpc) is 2.68. The van der Waals surface area contributed by atoms with E-state index in [1.165, 1.54) is 12.1 Å². The van der Waals surface area contributed by atoms with Gasteiger partial charge in [-0.25, -0.2) is 4.39 Å². The van der Waals surface area contributed by atoms with Gasteiger partial charge in [-0.1, -0.05) is 29.8 Å². The molecule has 5 heteroatoms. The van der Waals surface area contributed by atoms with Crippen molar-refractivity contribution in [2.45, 2.75) is 6.61 Å². The minimum Gasteiger partial charge on any atom is -0.489 e. The zero-order chi connectivity index (χ0) is 18.8. The smallest absolute Gasteiger partial charge is 0.193 e. The van der Waals surface area contributed by atoms with Crippen LogP contribution in [0.15, 0.2) is 82.0 Å². The van der Waals surface area contributed by atoms with Crippen molar-refractivity contribution in [3.63, 3.8) is 0 Å². The Bertz CT molecular complexity index is 1170. The van der Waals surface area contributed by atoms with Crippen LogP contribution in [0.5, 0.6) is 5.75 Å². The molecule has 4 aromatic rings. The largest absolute Gasteiger partial charge is 0.489 e. The van der Waals surface area contributed by atoms with E-state index in [9.17, 15) is 9.18 Å². The minimum atomic E-state index is -0.328. The summed E-state index contributed by atoms with van der Waals surface area (Å²) < 4.78 is 25.2. The second-order valence-corrected chi connectivity index (χ2v) is 6.46. The monoisotopic (exact) mass is 380 g/mol. The lowest BCUT2D eigenvalue weighted by Crippen LogP contribution is -2.02. The Morgan fingerprint density at radius 2 is 1.74 bits per heavy atom. The predicted octanol–water partition coefficient (Wildman–Crippen LogP) is 5.83. The normalized spacial score (nSPS) is 10.9. The van der Waals surface area contributed by atoms with Crippen molar-refractivity contribution in [2.75, 3.05) is 0 Å². The highest BCUT2D eigenvalue weighted by atomic mass is 35.5. The van der Waals surface area contributed by atoms with E-state index >= 15 is 0 Å². The molecule has 0 atom stereocenters. The van der Waals surface area contributed by atoms with Crippen LogP contribution in [0.25, 0.3) is 22.3 Å². The summed E-state index contributed by atoms with van der Waals surface area (Å²) in [5, 5.41) is 1.01. The number of benzene rings is 3. The quantitative estimate of drug-likeness (QED) is 0.447. The van der Waals surface area contributed by atoms with E-state index in [1.807, 2.05) is 0 Å². The van der Waals surface area contributed by atoms with E-state index in [4.69, 9.17) is 20.8 Å². The second kappa shape index (κ2) is 7.25. The van der Waals surface area contributed by atoms with Crippen molar-refractivity contribution in [3.05, 3.63) is 99.4 Å². The molecule has 0 aliphatic rings. The molecule has 3 nitrogen and oxygen atoms in total. The molecule has 0 aliphatic carbocycles. The standard InChI is InChI=1S/C22H14ClFO3/c23-16-7-5-14(6-8-16)22-12-20(25)18-11-17(9-10-21(18)27-22)26-13-15-3-1-2-4-19(15)24/h1-12H,13H2. The van der Waals surface area contributed by atoms with Gasteiger partial charge in [-0.05, 0) is 48.5 Å². The topological polar surface area (TPSA) is 39.4 Å². The number of hydrogen-bond acceptors (Lipinski definition) is 3. The summed E-state index contributed by atoms with van der Waals surface area (Å²) in [5.41, 5.74) is 1.48. The molecule has 0 unspecified atom stereocenters. The second-order valence-electron chi connectivity index (χ2n) is 6.02. The molecule has 1 heterocycles. The molecule has 1 aromatic heterocycles. The van der Waals surface area contributed by atoms with Gasteiger partial charge in [0.15, 0.2) is 5.43 Å². The van der Waals surface area contributed by atoms with Gasteiger partial charge < -0.3 is 9.15 Å². The molecule has 0 saturated heterocycles. The molecular weight excluding hydrogens is 367 g/mol. The van der Waals surface area contributed by atoms with Gasteiger partial charge in [-0.2, -0.15) is 0 Å². The van der Waals surface area contributed by atoms with Gasteiger partial charge >= 0.3 is 0 Å². The highest BCUT2D eigenvalue weighted by Gasteiger charge is 2.09. The third-order valence-corrected chi connectivity index (χ3v) is 4.43. The fourth-order valence-corrected chi connectivity index (χ4v) is 2.88. The van der Waals surface area contributed by atoms with Crippen molar-refractivity contribution >= 4 is 22.6 Å². The first-order valence-electron chi connectivity index (χ1n) is 8.30. The van der Waals surface area contributed by atoms with Gasteiger partial charge in [-0.3, -0.25) is 4.79 Å². The molecule has 0 amide bonds. The van der Waals surface area contributed by atoms with Crippen LogP contribution in [0.2, 0.25) is 5.02 Å². The molecular formula is C22H14ClFO3. The van der Waals surface area contributed by atoms with E-state index in [1.54, 1.807) is 60.7 Å². The van der Waals surface area contributed by atoms with E-state index in [2.05, 4.69) is 0 Å². The number of fused-ring (bicyclic) bond motifs is 1. The van der Waals surface area contributed by atoms with Crippen molar-refractivity contribution in [1.82, 2.24) is 0 Å². The molecule has 0 spiro atoms. The SMILES string of the molecule is O=c1cc(-c2ccc(Cl)cc2)oc2ccc(OCc3ccccc3F)cc12. The van der Waals surface area contributed by atoms with Crippen LogP contribution < -0.4 is 10.2 Å². The lowest BCUT2D eigenvalue weighted by Gasteiger charge is -2.08. The Kier molecular flexibility index (Phi) is 4.65. The highest BCUT2D eigenvalue weighted by Crippen LogP contribution is 2.26. The Balaban J connectivity index is 1.64. The summed E-state index contributed by atoms with van der Waals surface area (Å²) in [6, 6.07) is 19.9. The summed E-state index contributed by atoms with van der Waals surface area (Å²) >= 11 is 5.90. The summed E-state index contributed by atoms with van der Waals surface area (Å²) in [6.45, 7) is 0.0758. The first-order valence-corrected chi connectivity index (χ1v) is 8.68. The van der Waals surface area contributed by atoms with Crippen LogP contribution in [0.1, 0.15) is 5.56 Å². The van der Waals surface area contributed by atoms with Gasteiger partial charge in [0.2, 0.25) is 0 Å². The van der Waals surface area contributed by atoms with Crippen LogP contribution >= 0.6 is 11.6 Å². The van der Waals surface area contributed by atoms with Gasteiger partial charge in [-0.15, -0.1) is 0 Å². The zero-order valence-electron chi connectivity index (χ0n) is 14.1. The van der Waals surface area contributed by atoms with Crippen molar-refractivity contribution in [2.24, 2.45) is 0 Å². The van der Waals surface area contributed by atoms with Gasteiger partial charge in [0.05, 0.1) is 5.39 Å². The van der Waals surface area contributed by atoms with Crippen LogP contribution in [0, 0.1) is 5.82 Å². The summed E-state index contributed by atoms with van der Waals surface area (Å²) in [7, 11) is 0. The fraction of sp³-hybridized carbons (Fsp3) is 0.0455. The Labute approximate surface area is 159 Å². The van der Waals surface area contributed by atoms with E-state index in [0.29, 0.717) is 33.1 Å². The van der Waals surface area contributed by atoms with E-state index < -0.39 is 0 Å². The van der Waals surface area contributed by atoms with Crippen molar-refractivity contribution in [3.8, 4) is 17.1 Å². The fourth-order valence-electron chi connectivity index (χ4n) is 2.76. The van der Waals surface area contributed by atoms with Crippen molar-refractivity contribution < 1.29 is 13.5 Å². The summed E-state index contributed by atoms with van der Waals surface area (Å²) in [5.74, 6) is 0.604. The van der Waals surface area contributed by atoms with Gasteiger partial charge in [0.1, 0.15) is 29.5 Å². The van der Waals surface area contributed by atoms with Crippen LogP contribution in [-0.4, -0.2) is 0 Å². The highest BCUT2D eigenvalue weighted by molar-refractivity contribution is 6.30.